The van der Waals surface area contributed by atoms with E-state index in [0.29, 0.717) is 6.04 Å². The smallest absolute Gasteiger partial charge is 0.134 e. The van der Waals surface area contributed by atoms with Crippen molar-refractivity contribution in [3.05, 3.63) is 41.7 Å². The van der Waals surface area contributed by atoms with E-state index in [0.717, 1.165) is 62.5 Å². The van der Waals surface area contributed by atoms with Crippen LogP contribution in [-0.4, -0.2) is 55.4 Å². The zero-order valence-electron chi connectivity index (χ0n) is 14.1. The second kappa shape index (κ2) is 7.45. The fourth-order valence-electron chi connectivity index (χ4n) is 3.37. The standard InChI is InChI=1S/C18H22ClN5O/c19-14-1-3-16(4-2-14)24-6-5-15(12-24)22-17-11-18(21-13-20-17)23-7-9-25-10-8-23/h1-4,11,13,15H,5-10,12H2,(H,20,21,22)/t15-/m0/s1. The number of aromatic nitrogens is 2. The molecule has 2 fully saturated rings. The van der Waals surface area contributed by atoms with Crippen LogP contribution in [0.1, 0.15) is 6.42 Å². The first kappa shape index (κ1) is 16.4. The summed E-state index contributed by atoms with van der Waals surface area (Å²) in [4.78, 5) is 13.4. The van der Waals surface area contributed by atoms with Crippen LogP contribution in [0.25, 0.3) is 0 Å². The van der Waals surface area contributed by atoms with Gasteiger partial charge in [-0.3, -0.25) is 0 Å². The highest BCUT2D eigenvalue weighted by molar-refractivity contribution is 6.30. The van der Waals surface area contributed by atoms with Gasteiger partial charge in [0.1, 0.15) is 18.0 Å². The van der Waals surface area contributed by atoms with Crippen LogP contribution in [0.5, 0.6) is 0 Å². The molecule has 1 aromatic carbocycles. The lowest BCUT2D eigenvalue weighted by Crippen LogP contribution is -2.36. The maximum absolute atomic E-state index is 5.98. The lowest BCUT2D eigenvalue weighted by molar-refractivity contribution is 0.122. The Balaban J connectivity index is 1.38. The zero-order valence-corrected chi connectivity index (χ0v) is 14.8. The van der Waals surface area contributed by atoms with Gasteiger partial charge in [0, 0.05) is 49.0 Å². The van der Waals surface area contributed by atoms with Gasteiger partial charge in [0.15, 0.2) is 0 Å². The van der Waals surface area contributed by atoms with Crippen LogP contribution in [0.3, 0.4) is 0 Å². The van der Waals surface area contributed by atoms with Crippen molar-refractivity contribution in [1.29, 1.82) is 0 Å². The van der Waals surface area contributed by atoms with Crippen LogP contribution in [0, 0.1) is 0 Å². The summed E-state index contributed by atoms with van der Waals surface area (Å²) in [5.74, 6) is 1.85. The van der Waals surface area contributed by atoms with Gasteiger partial charge in [-0.25, -0.2) is 9.97 Å². The van der Waals surface area contributed by atoms with Crippen molar-refractivity contribution >= 4 is 28.9 Å². The maximum atomic E-state index is 5.98. The molecule has 0 spiro atoms. The van der Waals surface area contributed by atoms with Gasteiger partial charge in [-0.2, -0.15) is 0 Å². The van der Waals surface area contributed by atoms with E-state index in [2.05, 4.69) is 37.2 Å². The van der Waals surface area contributed by atoms with Gasteiger partial charge in [0.2, 0.25) is 0 Å². The van der Waals surface area contributed by atoms with Gasteiger partial charge in [0.05, 0.1) is 13.2 Å². The number of ether oxygens (including phenoxy) is 1. The van der Waals surface area contributed by atoms with Crippen LogP contribution in [0.2, 0.25) is 5.02 Å². The van der Waals surface area contributed by atoms with E-state index in [1.54, 1.807) is 6.33 Å². The highest BCUT2D eigenvalue weighted by Gasteiger charge is 2.23. The van der Waals surface area contributed by atoms with Crippen LogP contribution in [0.4, 0.5) is 17.3 Å². The van der Waals surface area contributed by atoms with Crippen molar-refractivity contribution in [2.45, 2.75) is 12.5 Å². The second-order valence-electron chi connectivity index (χ2n) is 6.41. The lowest BCUT2D eigenvalue weighted by Gasteiger charge is -2.28. The predicted octanol–water partition coefficient (Wildman–Crippen LogP) is 2.66. The number of nitrogens with zero attached hydrogens (tertiary/aromatic N) is 4. The minimum atomic E-state index is 0.378. The van der Waals surface area contributed by atoms with Gasteiger partial charge in [-0.05, 0) is 30.7 Å². The Morgan fingerprint density at radius 2 is 1.84 bits per heavy atom. The molecule has 0 unspecified atom stereocenters. The molecule has 2 aliphatic rings. The molecule has 1 aromatic heterocycles. The number of nitrogens with one attached hydrogen (secondary N) is 1. The van der Waals surface area contributed by atoms with Crippen LogP contribution < -0.4 is 15.1 Å². The van der Waals surface area contributed by atoms with Crippen molar-refractivity contribution in [2.24, 2.45) is 0 Å². The molecule has 0 saturated carbocycles. The molecule has 2 aromatic rings. The molecular formula is C18H22ClN5O. The van der Waals surface area contributed by atoms with E-state index in [1.165, 1.54) is 5.69 Å². The van der Waals surface area contributed by atoms with Crippen molar-refractivity contribution < 1.29 is 4.74 Å². The SMILES string of the molecule is Clc1ccc(N2CC[C@H](Nc3cc(N4CCOCC4)ncn3)C2)cc1. The summed E-state index contributed by atoms with van der Waals surface area (Å²) in [6.07, 6.45) is 2.72. The van der Waals surface area contributed by atoms with Crippen LogP contribution >= 0.6 is 11.6 Å². The van der Waals surface area contributed by atoms with Gasteiger partial charge < -0.3 is 19.9 Å². The number of morpholine rings is 1. The number of halogens is 1. The summed E-state index contributed by atoms with van der Waals surface area (Å²) in [7, 11) is 0. The average Bonchev–Trinajstić information content (AvgIpc) is 3.12. The number of hydrogen-bond donors (Lipinski definition) is 1. The average molecular weight is 360 g/mol. The summed E-state index contributed by atoms with van der Waals surface area (Å²) in [5.41, 5.74) is 1.21. The molecule has 25 heavy (non-hydrogen) atoms. The molecule has 0 radical (unpaired) electrons. The molecule has 2 saturated heterocycles. The molecule has 0 amide bonds. The van der Waals surface area contributed by atoms with Gasteiger partial charge >= 0.3 is 0 Å². The van der Waals surface area contributed by atoms with E-state index in [9.17, 15) is 0 Å². The van der Waals surface area contributed by atoms with Gasteiger partial charge in [0.25, 0.3) is 0 Å². The lowest BCUT2D eigenvalue weighted by atomic mass is 10.2. The topological polar surface area (TPSA) is 53.5 Å². The minimum absolute atomic E-state index is 0.378. The Kier molecular flexibility index (Phi) is 4.90. The Hall–Kier alpha value is -2.05. The molecule has 7 heteroatoms. The Labute approximate surface area is 152 Å². The summed E-state index contributed by atoms with van der Waals surface area (Å²) in [6, 6.07) is 10.4. The second-order valence-corrected chi connectivity index (χ2v) is 6.85. The predicted molar refractivity (Wildman–Crippen MR) is 101 cm³/mol. The molecule has 0 aliphatic carbocycles. The Morgan fingerprint density at radius 1 is 1.04 bits per heavy atom. The van der Waals surface area contributed by atoms with E-state index >= 15 is 0 Å². The van der Waals surface area contributed by atoms with Crippen molar-refractivity contribution in [1.82, 2.24) is 9.97 Å². The third kappa shape index (κ3) is 3.96. The highest BCUT2D eigenvalue weighted by Crippen LogP contribution is 2.24. The third-order valence-electron chi connectivity index (χ3n) is 4.72. The van der Waals surface area contributed by atoms with E-state index in [4.69, 9.17) is 16.3 Å². The van der Waals surface area contributed by atoms with Crippen molar-refractivity contribution in [3.8, 4) is 0 Å². The number of hydrogen-bond acceptors (Lipinski definition) is 6. The van der Waals surface area contributed by atoms with Crippen LogP contribution in [0.15, 0.2) is 36.7 Å². The summed E-state index contributed by atoms with van der Waals surface area (Å²) >= 11 is 5.98. The summed E-state index contributed by atoms with van der Waals surface area (Å²) in [6.45, 7) is 5.25. The summed E-state index contributed by atoms with van der Waals surface area (Å²) in [5, 5.41) is 4.33. The number of rotatable bonds is 4. The fourth-order valence-corrected chi connectivity index (χ4v) is 3.49. The van der Waals surface area contributed by atoms with Crippen molar-refractivity contribution in [2.75, 3.05) is 54.5 Å². The molecule has 4 rings (SSSR count). The molecule has 1 N–H and O–H groups in total. The van der Waals surface area contributed by atoms with Crippen molar-refractivity contribution in [3.63, 3.8) is 0 Å². The van der Waals surface area contributed by atoms with E-state index in [-0.39, 0.29) is 0 Å². The van der Waals surface area contributed by atoms with Gasteiger partial charge in [-0.15, -0.1) is 0 Å². The molecule has 6 nitrogen and oxygen atoms in total. The monoisotopic (exact) mass is 359 g/mol. The molecular weight excluding hydrogens is 338 g/mol. The van der Waals surface area contributed by atoms with Gasteiger partial charge in [-0.1, -0.05) is 11.6 Å². The first-order valence-electron chi connectivity index (χ1n) is 8.70. The van der Waals surface area contributed by atoms with E-state index < -0.39 is 0 Å². The molecule has 3 heterocycles. The van der Waals surface area contributed by atoms with Crippen LogP contribution in [-0.2, 0) is 4.74 Å². The Bertz CT molecular complexity index is 705. The van der Waals surface area contributed by atoms with E-state index in [1.807, 2.05) is 18.2 Å². The fraction of sp³-hybridized carbons (Fsp3) is 0.444. The summed E-state index contributed by atoms with van der Waals surface area (Å²) < 4.78 is 5.41. The number of benzene rings is 1. The normalized spacial score (nSPS) is 20.8. The zero-order chi connectivity index (χ0) is 17.1. The molecule has 0 bridgehead atoms. The quantitative estimate of drug-likeness (QED) is 0.905. The molecule has 2 aliphatic heterocycles. The first-order valence-corrected chi connectivity index (χ1v) is 9.07. The largest absolute Gasteiger partial charge is 0.378 e. The number of anilines is 3. The maximum Gasteiger partial charge on any atom is 0.134 e. The third-order valence-corrected chi connectivity index (χ3v) is 4.97. The Morgan fingerprint density at radius 3 is 2.64 bits per heavy atom. The molecule has 1 atom stereocenters. The molecule has 132 valence electrons. The highest BCUT2D eigenvalue weighted by atomic mass is 35.5. The first-order chi connectivity index (χ1) is 12.3. The minimum Gasteiger partial charge on any atom is -0.378 e.